The Kier molecular flexibility index (Phi) is 3.67. The van der Waals surface area contributed by atoms with Crippen LogP contribution in [0.25, 0.3) is 0 Å². The van der Waals surface area contributed by atoms with Crippen molar-refractivity contribution in [3.05, 3.63) is 52.1 Å². The first kappa shape index (κ1) is 11.0. The molecule has 2 rings (SSSR count). The maximum Gasteiger partial charge on any atom is 0.107 e. The Morgan fingerprint density at radius 2 is 1.87 bits per heavy atom. The standard InChI is InChI=1S/C11H7BrClNS/c12-10-6-3-7-11(14-10)15-9-5-2-1-4-8(9)13/h1-7H. The Bertz CT molecular complexity index is 476. The van der Waals surface area contributed by atoms with Gasteiger partial charge in [0.2, 0.25) is 0 Å². The topological polar surface area (TPSA) is 12.9 Å². The monoisotopic (exact) mass is 299 g/mol. The van der Waals surface area contributed by atoms with Crippen LogP contribution in [0.1, 0.15) is 0 Å². The highest BCUT2D eigenvalue weighted by Crippen LogP contribution is 2.32. The summed E-state index contributed by atoms with van der Waals surface area (Å²) in [4.78, 5) is 5.35. The van der Waals surface area contributed by atoms with Crippen molar-refractivity contribution in [2.75, 3.05) is 0 Å². The van der Waals surface area contributed by atoms with Crippen LogP contribution < -0.4 is 0 Å². The zero-order valence-corrected chi connectivity index (χ0v) is 10.8. The zero-order chi connectivity index (χ0) is 10.7. The van der Waals surface area contributed by atoms with E-state index >= 15 is 0 Å². The lowest BCUT2D eigenvalue weighted by Gasteiger charge is -2.02. The average molecular weight is 301 g/mol. The van der Waals surface area contributed by atoms with Crippen LogP contribution in [-0.4, -0.2) is 4.98 Å². The van der Waals surface area contributed by atoms with Crippen LogP contribution in [0.3, 0.4) is 0 Å². The van der Waals surface area contributed by atoms with Gasteiger partial charge in [-0.2, -0.15) is 0 Å². The number of hydrogen-bond donors (Lipinski definition) is 0. The molecular weight excluding hydrogens is 294 g/mol. The highest BCUT2D eigenvalue weighted by atomic mass is 79.9. The summed E-state index contributed by atoms with van der Waals surface area (Å²) >= 11 is 10.9. The van der Waals surface area contributed by atoms with Gasteiger partial charge in [-0.15, -0.1) is 0 Å². The molecule has 15 heavy (non-hydrogen) atoms. The van der Waals surface area contributed by atoms with Gasteiger partial charge in [0.1, 0.15) is 9.63 Å². The summed E-state index contributed by atoms with van der Waals surface area (Å²) in [5.41, 5.74) is 0. The van der Waals surface area contributed by atoms with Crippen molar-refractivity contribution in [3.8, 4) is 0 Å². The van der Waals surface area contributed by atoms with Gasteiger partial charge in [0.05, 0.1) is 5.02 Å². The van der Waals surface area contributed by atoms with Crippen molar-refractivity contribution in [2.24, 2.45) is 0 Å². The van der Waals surface area contributed by atoms with E-state index in [0.29, 0.717) is 0 Å². The largest absolute Gasteiger partial charge is 0.234 e. The molecule has 0 aliphatic heterocycles. The number of hydrogen-bond acceptors (Lipinski definition) is 2. The molecule has 0 spiro atoms. The van der Waals surface area contributed by atoms with Crippen molar-refractivity contribution in [1.82, 2.24) is 4.98 Å². The number of rotatable bonds is 2. The van der Waals surface area contributed by atoms with E-state index in [1.807, 2.05) is 42.5 Å². The molecule has 0 bridgehead atoms. The molecule has 0 saturated carbocycles. The van der Waals surface area contributed by atoms with Gasteiger partial charge in [0.15, 0.2) is 0 Å². The van der Waals surface area contributed by atoms with Gasteiger partial charge in [-0.3, -0.25) is 0 Å². The van der Waals surface area contributed by atoms with Crippen LogP contribution in [0, 0.1) is 0 Å². The Labute approximate surface area is 106 Å². The van der Waals surface area contributed by atoms with Crippen LogP contribution in [0.4, 0.5) is 0 Å². The summed E-state index contributed by atoms with van der Waals surface area (Å²) in [5.74, 6) is 0. The van der Waals surface area contributed by atoms with E-state index in [-0.39, 0.29) is 0 Å². The Balaban J connectivity index is 2.26. The molecule has 0 unspecified atom stereocenters. The van der Waals surface area contributed by atoms with Gasteiger partial charge >= 0.3 is 0 Å². The van der Waals surface area contributed by atoms with E-state index in [1.165, 1.54) is 0 Å². The predicted octanol–water partition coefficient (Wildman–Crippen LogP) is 4.65. The van der Waals surface area contributed by atoms with E-state index in [9.17, 15) is 0 Å². The number of aromatic nitrogens is 1. The van der Waals surface area contributed by atoms with Crippen molar-refractivity contribution >= 4 is 39.3 Å². The van der Waals surface area contributed by atoms with Crippen LogP contribution in [0.2, 0.25) is 5.02 Å². The second-order valence-electron chi connectivity index (χ2n) is 2.83. The molecule has 0 aliphatic rings. The Morgan fingerprint density at radius 1 is 1.07 bits per heavy atom. The third-order valence-electron chi connectivity index (χ3n) is 1.74. The first-order valence-corrected chi connectivity index (χ1v) is 6.29. The van der Waals surface area contributed by atoms with E-state index in [1.54, 1.807) is 11.8 Å². The molecule has 1 heterocycles. The molecule has 2 aromatic rings. The lowest BCUT2D eigenvalue weighted by Crippen LogP contribution is -1.80. The van der Waals surface area contributed by atoms with Gasteiger partial charge in [-0.1, -0.05) is 41.6 Å². The molecule has 76 valence electrons. The lowest BCUT2D eigenvalue weighted by atomic mass is 10.4. The summed E-state index contributed by atoms with van der Waals surface area (Å²) in [7, 11) is 0. The van der Waals surface area contributed by atoms with E-state index < -0.39 is 0 Å². The fraction of sp³-hybridized carbons (Fsp3) is 0. The van der Waals surface area contributed by atoms with Crippen LogP contribution in [0.5, 0.6) is 0 Å². The second kappa shape index (κ2) is 5.01. The summed E-state index contributed by atoms with van der Waals surface area (Å²) in [5, 5.41) is 1.68. The lowest BCUT2D eigenvalue weighted by molar-refractivity contribution is 1.10. The van der Waals surface area contributed by atoms with Crippen LogP contribution in [-0.2, 0) is 0 Å². The molecule has 0 radical (unpaired) electrons. The normalized spacial score (nSPS) is 10.3. The van der Waals surface area contributed by atoms with Crippen molar-refractivity contribution in [2.45, 2.75) is 9.92 Å². The minimum atomic E-state index is 0.754. The van der Waals surface area contributed by atoms with Crippen LogP contribution >= 0.6 is 39.3 Å². The number of nitrogens with zero attached hydrogens (tertiary/aromatic N) is 1. The Morgan fingerprint density at radius 3 is 2.60 bits per heavy atom. The van der Waals surface area contributed by atoms with Gasteiger partial charge in [-0.05, 0) is 40.2 Å². The summed E-state index contributed by atoms with van der Waals surface area (Å²) < 4.78 is 0.833. The molecular formula is C11H7BrClNS. The van der Waals surface area contributed by atoms with Crippen molar-refractivity contribution in [3.63, 3.8) is 0 Å². The minimum Gasteiger partial charge on any atom is -0.234 e. The maximum atomic E-state index is 6.05. The van der Waals surface area contributed by atoms with Gasteiger partial charge in [0.25, 0.3) is 0 Å². The van der Waals surface area contributed by atoms with Crippen molar-refractivity contribution < 1.29 is 0 Å². The molecule has 1 aromatic carbocycles. The smallest absolute Gasteiger partial charge is 0.107 e. The fourth-order valence-corrected chi connectivity index (χ4v) is 2.63. The molecule has 4 heteroatoms. The van der Waals surface area contributed by atoms with Crippen molar-refractivity contribution in [1.29, 1.82) is 0 Å². The molecule has 0 N–H and O–H groups in total. The average Bonchev–Trinajstić information content (AvgIpc) is 2.22. The first-order chi connectivity index (χ1) is 7.25. The molecule has 0 amide bonds. The summed E-state index contributed by atoms with van der Waals surface area (Å²) in [6, 6.07) is 13.6. The SMILES string of the molecule is Clc1ccccc1Sc1cccc(Br)n1. The molecule has 0 atom stereocenters. The van der Waals surface area contributed by atoms with Gasteiger partial charge in [-0.25, -0.2) is 4.98 Å². The molecule has 0 fully saturated rings. The predicted molar refractivity (Wildman–Crippen MR) is 67.5 cm³/mol. The Hall–Kier alpha value is -0.510. The molecule has 0 saturated heterocycles. The number of pyridine rings is 1. The maximum absolute atomic E-state index is 6.05. The van der Waals surface area contributed by atoms with Gasteiger partial charge in [0, 0.05) is 4.90 Å². The highest BCUT2D eigenvalue weighted by Gasteiger charge is 2.02. The highest BCUT2D eigenvalue weighted by molar-refractivity contribution is 9.10. The molecule has 1 aromatic heterocycles. The summed E-state index contributed by atoms with van der Waals surface area (Å²) in [6.07, 6.45) is 0. The van der Waals surface area contributed by atoms with E-state index in [0.717, 1.165) is 19.5 Å². The third-order valence-corrected chi connectivity index (χ3v) is 3.64. The zero-order valence-electron chi connectivity index (χ0n) is 7.65. The molecule has 1 nitrogen and oxygen atoms in total. The summed E-state index contributed by atoms with van der Waals surface area (Å²) in [6.45, 7) is 0. The third kappa shape index (κ3) is 2.97. The fourth-order valence-electron chi connectivity index (χ4n) is 1.09. The van der Waals surface area contributed by atoms with Crippen LogP contribution in [0.15, 0.2) is 57.0 Å². The van der Waals surface area contributed by atoms with Gasteiger partial charge < -0.3 is 0 Å². The second-order valence-corrected chi connectivity index (χ2v) is 5.11. The molecule has 0 aliphatic carbocycles. The van der Waals surface area contributed by atoms with E-state index in [2.05, 4.69) is 20.9 Å². The number of benzene rings is 1. The minimum absolute atomic E-state index is 0.754. The quantitative estimate of drug-likeness (QED) is 0.749. The first-order valence-electron chi connectivity index (χ1n) is 4.30. The van der Waals surface area contributed by atoms with E-state index in [4.69, 9.17) is 11.6 Å². The number of halogens is 2.